The monoisotopic (exact) mass is 268 g/mol. The molecule has 0 spiro atoms. The van der Waals surface area contributed by atoms with Gasteiger partial charge in [-0.2, -0.15) is 0 Å². The molecule has 0 aliphatic heterocycles. The van der Waals surface area contributed by atoms with Crippen molar-refractivity contribution in [2.75, 3.05) is 5.32 Å². The van der Waals surface area contributed by atoms with Crippen molar-refractivity contribution in [1.29, 1.82) is 0 Å². The molecule has 2 amide bonds. The third kappa shape index (κ3) is 4.95. The molecule has 5 nitrogen and oxygen atoms in total. The summed E-state index contributed by atoms with van der Waals surface area (Å²) in [6, 6.07) is 3.66. The fourth-order valence-corrected chi connectivity index (χ4v) is 1.54. The zero-order valence-electron chi connectivity index (χ0n) is 10.9. The minimum absolute atomic E-state index is 0.0135. The van der Waals surface area contributed by atoms with Gasteiger partial charge >= 0.3 is 12.0 Å². The predicted octanol–water partition coefficient (Wildman–Crippen LogP) is 2.51. The van der Waals surface area contributed by atoms with Gasteiger partial charge in [0.05, 0.1) is 0 Å². The number of carboxylic acids is 1. The van der Waals surface area contributed by atoms with Gasteiger partial charge in [0.25, 0.3) is 0 Å². The average molecular weight is 268 g/mol. The maximum Gasteiger partial charge on any atom is 0.319 e. The molecule has 19 heavy (non-hydrogen) atoms. The van der Waals surface area contributed by atoms with Crippen molar-refractivity contribution in [1.82, 2.24) is 5.32 Å². The number of benzene rings is 1. The fraction of sp³-hybridized carbons (Fsp3) is 0.385. The molecule has 104 valence electrons. The van der Waals surface area contributed by atoms with Crippen LogP contribution in [0, 0.1) is 12.7 Å². The second kappa shape index (κ2) is 6.72. The van der Waals surface area contributed by atoms with Crippen molar-refractivity contribution >= 4 is 17.7 Å². The summed E-state index contributed by atoms with van der Waals surface area (Å²) in [6.07, 6.45) is 0.325. The lowest BCUT2D eigenvalue weighted by Crippen LogP contribution is -2.36. The van der Waals surface area contributed by atoms with E-state index in [1.54, 1.807) is 19.9 Å². The highest BCUT2D eigenvalue weighted by atomic mass is 19.1. The summed E-state index contributed by atoms with van der Waals surface area (Å²) in [7, 11) is 0. The van der Waals surface area contributed by atoms with Crippen molar-refractivity contribution in [3.63, 3.8) is 0 Å². The van der Waals surface area contributed by atoms with Gasteiger partial charge in [-0.05, 0) is 32.4 Å². The van der Waals surface area contributed by atoms with Gasteiger partial charge in [-0.15, -0.1) is 0 Å². The maximum absolute atomic E-state index is 13.3. The molecule has 1 aromatic carbocycles. The molecule has 1 unspecified atom stereocenters. The molecule has 0 saturated carbocycles. The largest absolute Gasteiger partial charge is 0.481 e. The third-order valence-corrected chi connectivity index (χ3v) is 2.68. The van der Waals surface area contributed by atoms with Gasteiger partial charge < -0.3 is 15.7 Å². The van der Waals surface area contributed by atoms with Crippen molar-refractivity contribution in [3.8, 4) is 0 Å². The van der Waals surface area contributed by atoms with Crippen LogP contribution in [0.5, 0.6) is 0 Å². The Morgan fingerprint density at radius 3 is 2.74 bits per heavy atom. The molecule has 6 heteroatoms. The van der Waals surface area contributed by atoms with E-state index in [4.69, 9.17) is 5.11 Å². The maximum atomic E-state index is 13.3. The summed E-state index contributed by atoms with van der Waals surface area (Å²) in [6.45, 7) is 3.28. The number of anilines is 1. The normalized spacial score (nSPS) is 11.7. The van der Waals surface area contributed by atoms with E-state index in [9.17, 15) is 14.0 Å². The quantitative estimate of drug-likeness (QED) is 0.767. The van der Waals surface area contributed by atoms with Crippen molar-refractivity contribution in [2.45, 2.75) is 32.7 Å². The average Bonchev–Trinajstić information content (AvgIpc) is 2.32. The lowest BCUT2D eigenvalue weighted by atomic mass is 10.2. The van der Waals surface area contributed by atoms with Crippen molar-refractivity contribution in [3.05, 3.63) is 29.6 Å². The molecular weight excluding hydrogens is 251 g/mol. The van der Waals surface area contributed by atoms with E-state index in [1.165, 1.54) is 12.1 Å². The summed E-state index contributed by atoms with van der Waals surface area (Å²) in [5.41, 5.74) is 0.749. The molecule has 0 saturated heterocycles. The minimum atomic E-state index is -0.907. The van der Waals surface area contributed by atoms with Crippen LogP contribution >= 0.6 is 0 Å². The second-order valence-corrected chi connectivity index (χ2v) is 4.34. The summed E-state index contributed by atoms with van der Waals surface area (Å²) in [4.78, 5) is 22.0. The Morgan fingerprint density at radius 2 is 2.11 bits per heavy atom. The van der Waals surface area contributed by atoms with Gasteiger partial charge in [0.1, 0.15) is 5.82 Å². The Morgan fingerprint density at radius 1 is 1.42 bits per heavy atom. The molecule has 0 bridgehead atoms. The van der Waals surface area contributed by atoms with Gasteiger partial charge in [0, 0.05) is 23.7 Å². The number of hydrogen-bond acceptors (Lipinski definition) is 2. The number of nitrogens with one attached hydrogen (secondary N) is 2. The first-order valence-corrected chi connectivity index (χ1v) is 5.94. The van der Waals surface area contributed by atoms with Crippen molar-refractivity contribution in [2.24, 2.45) is 0 Å². The van der Waals surface area contributed by atoms with Gasteiger partial charge in [-0.3, -0.25) is 4.79 Å². The molecule has 0 aromatic heterocycles. The molecule has 1 atom stereocenters. The Kier molecular flexibility index (Phi) is 5.29. The fourth-order valence-electron chi connectivity index (χ4n) is 1.54. The number of amides is 2. The minimum Gasteiger partial charge on any atom is -0.481 e. The molecule has 0 aliphatic rings. The smallest absolute Gasteiger partial charge is 0.319 e. The first-order valence-electron chi connectivity index (χ1n) is 5.94. The van der Waals surface area contributed by atoms with Crippen molar-refractivity contribution < 1.29 is 19.1 Å². The molecule has 1 rings (SSSR count). The number of carboxylic acid groups (broad SMARTS) is 1. The van der Waals surface area contributed by atoms with Gasteiger partial charge in [-0.25, -0.2) is 9.18 Å². The summed E-state index contributed by atoms with van der Waals surface area (Å²) < 4.78 is 13.3. The van der Waals surface area contributed by atoms with Crippen LogP contribution in [-0.2, 0) is 4.79 Å². The lowest BCUT2D eigenvalue weighted by Gasteiger charge is -2.14. The van der Waals surface area contributed by atoms with E-state index in [2.05, 4.69) is 10.6 Å². The first kappa shape index (κ1) is 14.9. The van der Waals surface area contributed by atoms with Crippen LogP contribution in [0.15, 0.2) is 18.2 Å². The Hall–Kier alpha value is -2.11. The zero-order chi connectivity index (χ0) is 14.4. The van der Waals surface area contributed by atoms with E-state index < -0.39 is 17.8 Å². The molecule has 3 N–H and O–H groups in total. The van der Waals surface area contributed by atoms with E-state index in [0.29, 0.717) is 17.7 Å². The molecule has 0 heterocycles. The van der Waals surface area contributed by atoms with Crippen LogP contribution in [-0.4, -0.2) is 23.1 Å². The molecule has 1 aromatic rings. The highest BCUT2D eigenvalue weighted by Gasteiger charge is 2.11. The number of halogens is 1. The van der Waals surface area contributed by atoms with Gasteiger partial charge in [0.15, 0.2) is 0 Å². The Balaban J connectivity index is 2.51. The third-order valence-electron chi connectivity index (χ3n) is 2.68. The summed E-state index contributed by atoms with van der Waals surface area (Å²) in [5.74, 6) is -1.30. The van der Waals surface area contributed by atoms with Crippen LogP contribution in [0.1, 0.15) is 25.3 Å². The summed E-state index contributed by atoms with van der Waals surface area (Å²) >= 11 is 0. The van der Waals surface area contributed by atoms with Crippen LogP contribution < -0.4 is 10.6 Å². The number of rotatable bonds is 5. The highest BCUT2D eigenvalue weighted by Crippen LogP contribution is 2.17. The topological polar surface area (TPSA) is 78.4 Å². The van der Waals surface area contributed by atoms with Crippen LogP contribution in [0.2, 0.25) is 0 Å². The number of aliphatic carboxylic acids is 1. The standard InChI is InChI=1S/C13H17FN2O3/c1-8(6-7-12(17)18)15-13(19)16-11-5-3-4-10(14)9(11)2/h3-5,8H,6-7H2,1-2H3,(H,17,18)(H2,15,16,19). The first-order chi connectivity index (χ1) is 8.90. The molecule has 0 aliphatic carbocycles. The Bertz CT molecular complexity index is 477. The second-order valence-electron chi connectivity index (χ2n) is 4.34. The number of urea groups is 1. The van der Waals surface area contributed by atoms with E-state index in [1.807, 2.05) is 0 Å². The van der Waals surface area contributed by atoms with E-state index in [0.717, 1.165) is 0 Å². The number of hydrogen-bond donors (Lipinski definition) is 3. The SMILES string of the molecule is Cc1c(F)cccc1NC(=O)NC(C)CCC(=O)O. The highest BCUT2D eigenvalue weighted by molar-refractivity contribution is 5.90. The summed E-state index contributed by atoms with van der Waals surface area (Å²) in [5, 5.41) is 13.7. The van der Waals surface area contributed by atoms with Gasteiger partial charge in [-0.1, -0.05) is 6.07 Å². The predicted molar refractivity (Wildman–Crippen MR) is 69.6 cm³/mol. The Labute approximate surface area is 110 Å². The van der Waals surface area contributed by atoms with Crippen LogP contribution in [0.3, 0.4) is 0 Å². The molecule has 0 fully saturated rings. The zero-order valence-corrected chi connectivity index (χ0v) is 10.9. The molecular formula is C13H17FN2O3. The van der Waals surface area contributed by atoms with E-state index in [-0.39, 0.29) is 12.5 Å². The number of carbonyl (C=O) groups excluding carboxylic acids is 1. The number of carbonyl (C=O) groups is 2. The van der Waals surface area contributed by atoms with Crippen LogP contribution in [0.25, 0.3) is 0 Å². The lowest BCUT2D eigenvalue weighted by molar-refractivity contribution is -0.137. The van der Waals surface area contributed by atoms with Gasteiger partial charge in [0.2, 0.25) is 0 Å². The molecule has 0 radical (unpaired) electrons. The van der Waals surface area contributed by atoms with Crippen LogP contribution in [0.4, 0.5) is 14.9 Å². The van der Waals surface area contributed by atoms with E-state index >= 15 is 0 Å².